The monoisotopic (exact) mass is 323 g/mol. The molecule has 24 heavy (non-hydrogen) atoms. The summed E-state index contributed by atoms with van der Waals surface area (Å²) in [7, 11) is 0. The number of rotatable bonds is 4. The van der Waals surface area contributed by atoms with Crippen LogP contribution in [-0.2, 0) is 11.2 Å². The molecule has 0 N–H and O–H groups in total. The lowest BCUT2D eigenvalue weighted by atomic mass is 10.1. The van der Waals surface area contributed by atoms with Crippen LogP contribution in [0.3, 0.4) is 0 Å². The maximum atomic E-state index is 13.2. The summed E-state index contributed by atoms with van der Waals surface area (Å²) in [4.78, 5) is 15.1. The van der Waals surface area contributed by atoms with Crippen molar-refractivity contribution in [3.8, 4) is 5.75 Å². The average Bonchev–Trinajstić information content (AvgIpc) is 2.90. The number of aryl methyl sites for hydroxylation is 2. The molecular weight excluding hydrogens is 298 g/mol. The van der Waals surface area contributed by atoms with E-state index in [2.05, 4.69) is 19.1 Å². The highest BCUT2D eigenvalue weighted by molar-refractivity contribution is 5.99. The second-order valence-corrected chi connectivity index (χ2v) is 6.67. The van der Waals surface area contributed by atoms with Gasteiger partial charge in [-0.15, -0.1) is 0 Å². The molecule has 1 aliphatic rings. The molecule has 1 amide bonds. The van der Waals surface area contributed by atoms with Crippen molar-refractivity contribution < 1.29 is 9.53 Å². The first kappa shape index (κ1) is 16.6. The quantitative estimate of drug-likeness (QED) is 0.832. The smallest absolute Gasteiger partial charge is 0.268 e. The SMILES string of the molecule is CC[C@H](Oc1cc(C)ccc1C)C(=O)N1c2ccccc2C[C@H]1C. The zero-order chi connectivity index (χ0) is 17.3. The molecule has 0 radical (unpaired) electrons. The van der Waals surface area contributed by atoms with E-state index in [9.17, 15) is 4.79 Å². The van der Waals surface area contributed by atoms with Crippen LogP contribution >= 0.6 is 0 Å². The molecule has 0 fully saturated rings. The van der Waals surface area contributed by atoms with E-state index < -0.39 is 6.10 Å². The molecule has 0 aromatic heterocycles. The van der Waals surface area contributed by atoms with Gasteiger partial charge in [0.15, 0.2) is 6.10 Å². The minimum absolute atomic E-state index is 0.0517. The zero-order valence-corrected chi connectivity index (χ0v) is 14.9. The number of ether oxygens (including phenoxy) is 1. The van der Waals surface area contributed by atoms with E-state index >= 15 is 0 Å². The van der Waals surface area contributed by atoms with Crippen molar-refractivity contribution in [2.45, 2.75) is 52.7 Å². The van der Waals surface area contributed by atoms with Crippen LogP contribution in [0.5, 0.6) is 5.75 Å². The van der Waals surface area contributed by atoms with Crippen molar-refractivity contribution in [1.29, 1.82) is 0 Å². The molecule has 3 rings (SSSR count). The van der Waals surface area contributed by atoms with Crippen molar-refractivity contribution in [2.75, 3.05) is 4.90 Å². The molecule has 126 valence electrons. The van der Waals surface area contributed by atoms with E-state index in [1.807, 2.05) is 56.0 Å². The molecule has 1 aliphatic heterocycles. The third-order valence-corrected chi connectivity index (χ3v) is 4.70. The van der Waals surface area contributed by atoms with E-state index in [1.54, 1.807) is 0 Å². The van der Waals surface area contributed by atoms with Crippen LogP contribution in [0.4, 0.5) is 5.69 Å². The molecule has 2 atom stereocenters. The zero-order valence-electron chi connectivity index (χ0n) is 14.9. The number of benzene rings is 2. The number of amides is 1. The third-order valence-electron chi connectivity index (χ3n) is 4.70. The van der Waals surface area contributed by atoms with E-state index in [1.165, 1.54) is 5.56 Å². The summed E-state index contributed by atoms with van der Waals surface area (Å²) >= 11 is 0. The number of para-hydroxylation sites is 1. The molecule has 0 unspecified atom stereocenters. The summed E-state index contributed by atoms with van der Waals surface area (Å²) in [6.07, 6.45) is 1.10. The number of anilines is 1. The molecule has 3 heteroatoms. The van der Waals surface area contributed by atoms with Gasteiger partial charge in [-0.2, -0.15) is 0 Å². The van der Waals surface area contributed by atoms with Gasteiger partial charge in [-0.3, -0.25) is 4.79 Å². The van der Waals surface area contributed by atoms with Crippen LogP contribution in [0, 0.1) is 13.8 Å². The van der Waals surface area contributed by atoms with Crippen LogP contribution in [0.25, 0.3) is 0 Å². The van der Waals surface area contributed by atoms with Gasteiger partial charge in [0.05, 0.1) is 0 Å². The van der Waals surface area contributed by atoms with Gasteiger partial charge in [0.2, 0.25) is 0 Å². The fraction of sp³-hybridized carbons (Fsp3) is 0.381. The first-order valence-corrected chi connectivity index (χ1v) is 8.66. The Morgan fingerprint density at radius 1 is 1.25 bits per heavy atom. The first-order valence-electron chi connectivity index (χ1n) is 8.66. The van der Waals surface area contributed by atoms with E-state index in [4.69, 9.17) is 4.74 Å². The lowest BCUT2D eigenvalue weighted by Crippen LogP contribution is -2.44. The van der Waals surface area contributed by atoms with Gasteiger partial charge >= 0.3 is 0 Å². The minimum Gasteiger partial charge on any atom is -0.480 e. The molecular formula is C21H25NO2. The van der Waals surface area contributed by atoms with Crippen molar-refractivity contribution >= 4 is 11.6 Å². The molecule has 0 bridgehead atoms. The predicted octanol–water partition coefficient (Wildman–Crippen LogP) is 4.44. The summed E-state index contributed by atoms with van der Waals surface area (Å²) in [6, 6.07) is 14.4. The van der Waals surface area contributed by atoms with Gasteiger partial charge in [0, 0.05) is 11.7 Å². The highest BCUT2D eigenvalue weighted by Gasteiger charge is 2.35. The summed E-state index contributed by atoms with van der Waals surface area (Å²) in [5.74, 6) is 0.853. The van der Waals surface area contributed by atoms with E-state index in [0.717, 1.165) is 29.0 Å². The van der Waals surface area contributed by atoms with Gasteiger partial charge in [0.25, 0.3) is 5.91 Å². The Bertz CT molecular complexity index is 753. The van der Waals surface area contributed by atoms with Gasteiger partial charge in [-0.25, -0.2) is 0 Å². The Balaban J connectivity index is 1.86. The number of hydrogen-bond acceptors (Lipinski definition) is 2. The molecule has 0 saturated heterocycles. The molecule has 0 aliphatic carbocycles. The lowest BCUT2D eigenvalue weighted by Gasteiger charge is -2.28. The van der Waals surface area contributed by atoms with Gasteiger partial charge in [0.1, 0.15) is 5.75 Å². The Kier molecular flexibility index (Phi) is 4.61. The van der Waals surface area contributed by atoms with Crippen LogP contribution < -0.4 is 9.64 Å². The number of carbonyl (C=O) groups excluding carboxylic acids is 1. The van der Waals surface area contributed by atoms with Crippen LogP contribution in [0.15, 0.2) is 42.5 Å². The second-order valence-electron chi connectivity index (χ2n) is 6.67. The van der Waals surface area contributed by atoms with Crippen LogP contribution in [-0.4, -0.2) is 18.1 Å². The molecule has 2 aromatic carbocycles. The molecule has 2 aromatic rings. The van der Waals surface area contributed by atoms with Crippen LogP contribution in [0.1, 0.15) is 37.0 Å². The highest BCUT2D eigenvalue weighted by atomic mass is 16.5. The van der Waals surface area contributed by atoms with Crippen molar-refractivity contribution in [3.05, 3.63) is 59.2 Å². The van der Waals surface area contributed by atoms with Crippen molar-refractivity contribution in [2.24, 2.45) is 0 Å². The fourth-order valence-electron chi connectivity index (χ4n) is 3.35. The predicted molar refractivity (Wildman–Crippen MR) is 97.7 cm³/mol. The topological polar surface area (TPSA) is 29.5 Å². The van der Waals surface area contributed by atoms with Crippen LogP contribution in [0.2, 0.25) is 0 Å². The van der Waals surface area contributed by atoms with E-state index in [0.29, 0.717) is 6.42 Å². The Morgan fingerprint density at radius 3 is 2.75 bits per heavy atom. The Morgan fingerprint density at radius 2 is 2.00 bits per heavy atom. The summed E-state index contributed by atoms with van der Waals surface area (Å²) in [5.41, 5.74) is 4.46. The molecule has 0 saturated carbocycles. The van der Waals surface area contributed by atoms with Gasteiger partial charge in [-0.05, 0) is 62.4 Å². The maximum absolute atomic E-state index is 13.2. The Hall–Kier alpha value is -2.29. The summed E-state index contributed by atoms with van der Waals surface area (Å²) in [6.45, 7) is 8.15. The second kappa shape index (κ2) is 6.68. The summed E-state index contributed by atoms with van der Waals surface area (Å²) < 4.78 is 6.12. The molecule has 3 nitrogen and oxygen atoms in total. The standard InChI is InChI=1S/C21H25NO2/c1-5-19(24-20-12-14(2)10-11-15(20)3)21(23)22-16(4)13-17-8-6-7-9-18(17)22/h6-12,16,19H,5,13H2,1-4H3/t16-,19+/m1/s1. The third kappa shape index (κ3) is 3.03. The maximum Gasteiger partial charge on any atom is 0.268 e. The lowest BCUT2D eigenvalue weighted by molar-refractivity contribution is -0.125. The number of hydrogen-bond donors (Lipinski definition) is 0. The van der Waals surface area contributed by atoms with E-state index in [-0.39, 0.29) is 11.9 Å². The number of carbonyl (C=O) groups is 1. The number of nitrogens with zero attached hydrogens (tertiary/aromatic N) is 1. The average molecular weight is 323 g/mol. The summed E-state index contributed by atoms with van der Waals surface area (Å²) in [5, 5.41) is 0. The fourth-order valence-corrected chi connectivity index (χ4v) is 3.35. The normalized spacial score (nSPS) is 17.5. The first-order chi connectivity index (χ1) is 11.5. The molecule has 0 spiro atoms. The van der Waals surface area contributed by atoms with Gasteiger partial charge in [-0.1, -0.05) is 37.3 Å². The largest absolute Gasteiger partial charge is 0.480 e. The van der Waals surface area contributed by atoms with Crippen molar-refractivity contribution in [1.82, 2.24) is 0 Å². The molecule has 1 heterocycles. The van der Waals surface area contributed by atoms with Gasteiger partial charge < -0.3 is 9.64 Å². The van der Waals surface area contributed by atoms with Crippen molar-refractivity contribution in [3.63, 3.8) is 0 Å². The highest BCUT2D eigenvalue weighted by Crippen LogP contribution is 2.33. The number of fused-ring (bicyclic) bond motifs is 1. The Labute approximate surface area is 144 Å². The minimum atomic E-state index is -0.459.